The molecule has 0 aromatic carbocycles. The largest absolute Gasteiger partial charge is 0.337 e. The number of carbonyl (C=O) groups is 1. The van der Waals surface area contributed by atoms with Gasteiger partial charge in [-0.05, 0) is 18.4 Å². The zero-order valence-corrected chi connectivity index (χ0v) is 15.4. The maximum atomic E-state index is 12.3. The van der Waals surface area contributed by atoms with E-state index in [1.54, 1.807) is 22.7 Å². The predicted molar refractivity (Wildman–Crippen MR) is 97.7 cm³/mol. The number of thiophene rings is 1. The Morgan fingerprint density at radius 3 is 2.95 bits per heavy atom. The third-order valence-corrected chi connectivity index (χ3v) is 5.37. The number of hydrogen-bond donors (Lipinski definition) is 1. The van der Waals surface area contributed by atoms with Crippen molar-refractivity contribution in [2.45, 2.75) is 19.4 Å². The van der Waals surface area contributed by atoms with Crippen LogP contribution in [0.15, 0.2) is 22.9 Å². The molecule has 2 aromatic heterocycles. The number of carbonyl (C=O) groups excluding carboxylic acids is 1. The highest BCUT2D eigenvalue weighted by Gasteiger charge is 2.23. The monoisotopic (exact) mass is 379 g/mol. The normalized spacial score (nSPS) is 17.5. The van der Waals surface area contributed by atoms with E-state index >= 15 is 0 Å². The van der Waals surface area contributed by atoms with Crippen LogP contribution in [0.2, 0.25) is 0 Å². The standard InChI is InChI=1S/C14H17N3OS2.2ClH/c1-10-8-15-4-5-17(10)13(18)7-11-9-20-14(16-11)12-3-2-6-19-12;;/h2-3,6,9-10,15H,4-5,7-8H2,1H3;2*1H/t10-;;/m0../s1. The predicted octanol–water partition coefficient (Wildman–Crippen LogP) is 3.08. The van der Waals surface area contributed by atoms with E-state index < -0.39 is 0 Å². The van der Waals surface area contributed by atoms with Gasteiger partial charge in [-0.15, -0.1) is 47.5 Å². The average Bonchev–Trinajstić information content (AvgIpc) is 3.09. The van der Waals surface area contributed by atoms with E-state index in [1.165, 1.54) is 4.88 Å². The highest BCUT2D eigenvalue weighted by molar-refractivity contribution is 7.20. The van der Waals surface area contributed by atoms with Crippen molar-refractivity contribution in [2.75, 3.05) is 19.6 Å². The molecule has 0 spiro atoms. The molecule has 2 aromatic rings. The van der Waals surface area contributed by atoms with Crippen LogP contribution in [0.5, 0.6) is 0 Å². The molecule has 0 bridgehead atoms. The number of aromatic nitrogens is 1. The first-order valence-corrected chi connectivity index (χ1v) is 8.48. The van der Waals surface area contributed by atoms with E-state index in [2.05, 4.69) is 23.3 Å². The third-order valence-electron chi connectivity index (χ3n) is 3.44. The van der Waals surface area contributed by atoms with Crippen LogP contribution in [-0.2, 0) is 11.2 Å². The Kier molecular flexibility index (Phi) is 7.79. The Hall–Kier alpha value is -0.660. The first-order chi connectivity index (χ1) is 9.74. The van der Waals surface area contributed by atoms with Crippen LogP contribution >= 0.6 is 47.5 Å². The molecule has 0 saturated carbocycles. The van der Waals surface area contributed by atoms with E-state index in [4.69, 9.17) is 0 Å². The second kappa shape index (κ2) is 8.84. The van der Waals surface area contributed by atoms with E-state index in [9.17, 15) is 4.79 Å². The molecule has 122 valence electrons. The van der Waals surface area contributed by atoms with Gasteiger partial charge in [0.05, 0.1) is 17.0 Å². The van der Waals surface area contributed by atoms with Crippen LogP contribution in [0, 0.1) is 0 Å². The molecule has 3 rings (SSSR count). The number of hydrogen-bond acceptors (Lipinski definition) is 5. The van der Waals surface area contributed by atoms with Crippen LogP contribution in [0.25, 0.3) is 9.88 Å². The second-order valence-corrected chi connectivity index (χ2v) is 6.74. The molecule has 0 radical (unpaired) electrons. The van der Waals surface area contributed by atoms with E-state index in [-0.39, 0.29) is 36.8 Å². The maximum Gasteiger partial charge on any atom is 0.228 e. The second-order valence-electron chi connectivity index (χ2n) is 4.94. The van der Waals surface area contributed by atoms with Gasteiger partial charge >= 0.3 is 0 Å². The zero-order chi connectivity index (χ0) is 13.9. The Morgan fingerprint density at radius 2 is 2.27 bits per heavy atom. The fourth-order valence-electron chi connectivity index (χ4n) is 2.37. The van der Waals surface area contributed by atoms with Crippen LogP contribution < -0.4 is 5.32 Å². The molecule has 1 saturated heterocycles. The van der Waals surface area contributed by atoms with Crippen LogP contribution in [0.1, 0.15) is 12.6 Å². The summed E-state index contributed by atoms with van der Waals surface area (Å²) >= 11 is 3.29. The molecule has 8 heteroatoms. The summed E-state index contributed by atoms with van der Waals surface area (Å²) in [6.07, 6.45) is 0.409. The van der Waals surface area contributed by atoms with Crippen LogP contribution in [0.3, 0.4) is 0 Å². The molecule has 0 unspecified atom stereocenters. The number of halogens is 2. The van der Waals surface area contributed by atoms with Crippen molar-refractivity contribution in [1.29, 1.82) is 0 Å². The van der Waals surface area contributed by atoms with Gasteiger partial charge in [0.15, 0.2) is 0 Å². The van der Waals surface area contributed by atoms with Crippen molar-refractivity contribution in [3.8, 4) is 9.88 Å². The van der Waals surface area contributed by atoms with Gasteiger partial charge < -0.3 is 10.2 Å². The van der Waals surface area contributed by atoms with Crippen molar-refractivity contribution in [2.24, 2.45) is 0 Å². The molecule has 1 fully saturated rings. The summed E-state index contributed by atoms with van der Waals surface area (Å²) in [5.74, 6) is 0.182. The Bertz CT molecular complexity index is 589. The molecule has 3 heterocycles. The molecule has 1 aliphatic rings. The van der Waals surface area contributed by atoms with E-state index in [0.29, 0.717) is 6.42 Å². The van der Waals surface area contributed by atoms with Crippen molar-refractivity contribution in [3.05, 3.63) is 28.6 Å². The van der Waals surface area contributed by atoms with Gasteiger partial charge in [-0.1, -0.05) is 6.07 Å². The number of rotatable bonds is 3. The molecule has 4 nitrogen and oxygen atoms in total. The van der Waals surface area contributed by atoms with E-state index in [0.717, 1.165) is 30.3 Å². The first kappa shape index (κ1) is 19.4. The minimum Gasteiger partial charge on any atom is -0.337 e. The fraction of sp³-hybridized carbons (Fsp3) is 0.429. The molecular weight excluding hydrogens is 361 g/mol. The summed E-state index contributed by atoms with van der Waals surface area (Å²) in [7, 11) is 0. The zero-order valence-electron chi connectivity index (χ0n) is 12.2. The molecule has 1 aliphatic heterocycles. The summed E-state index contributed by atoms with van der Waals surface area (Å²) in [4.78, 5) is 20.0. The maximum absolute atomic E-state index is 12.3. The lowest BCUT2D eigenvalue weighted by molar-refractivity contribution is -0.133. The van der Waals surface area contributed by atoms with Crippen molar-refractivity contribution in [3.63, 3.8) is 0 Å². The molecule has 1 N–H and O–H groups in total. The van der Waals surface area contributed by atoms with Crippen molar-refractivity contribution in [1.82, 2.24) is 15.2 Å². The van der Waals surface area contributed by atoms with Gasteiger partial charge in [0.1, 0.15) is 5.01 Å². The topological polar surface area (TPSA) is 45.2 Å². The SMILES string of the molecule is C[C@H]1CNCCN1C(=O)Cc1csc(-c2cccs2)n1.Cl.Cl. The Labute approximate surface area is 150 Å². The fourth-order valence-corrected chi connectivity index (χ4v) is 4.00. The highest BCUT2D eigenvalue weighted by atomic mass is 35.5. The van der Waals surface area contributed by atoms with Gasteiger partial charge in [0.2, 0.25) is 5.91 Å². The van der Waals surface area contributed by atoms with Gasteiger partial charge in [-0.3, -0.25) is 4.79 Å². The minimum absolute atomic E-state index is 0. The van der Waals surface area contributed by atoms with Crippen LogP contribution in [0.4, 0.5) is 0 Å². The molecular formula is C14H19Cl2N3OS2. The molecule has 1 amide bonds. The van der Waals surface area contributed by atoms with Gasteiger partial charge in [0, 0.05) is 31.1 Å². The number of piperazine rings is 1. The van der Waals surface area contributed by atoms with Crippen molar-refractivity contribution >= 4 is 53.4 Å². The average molecular weight is 380 g/mol. The number of nitrogens with one attached hydrogen (secondary N) is 1. The van der Waals surface area contributed by atoms with Crippen LogP contribution in [-0.4, -0.2) is 41.5 Å². The van der Waals surface area contributed by atoms with Gasteiger partial charge in [-0.25, -0.2) is 4.98 Å². The van der Waals surface area contributed by atoms with Gasteiger partial charge in [0.25, 0.3) is 0 Å². The third kappa shape index (κ3) is 4.43. The van der Waals surface area contributed by atoms with E-state index in [1.807, 2.05) is 21.7 Å². The van der Waals surface area contributed by atoms with Gasteiger partial charge in [-0.2, -0.15) is 0 Å². The number of thiazole rings is 1. The Morgan fingerprint density at radius 1 is 1.45 bits per heavy atom. The molecule has 0 aliphatic carbocycles. The minimum atomic E-state index is 0. The lowest BCUT2D eigenvalue weighted by atomic mass is 10.2. The summed E-state index contributed by atoms with van der Waals surface area (Å²) < 4.78 is 0. The highest BCUT2D eigenvalue weighted by Crippen LogP contribution is 2.28. The quantitative estimate of drug-likeness (QED) is 0.890. The Balaban J connectivity index is 0.00000121. The lowest BCUT2D eigenvalue weighted by Gasteiger charge is -2.33. The lowest BCUT2D eigenvalue weighted by Crippen LogP contribution is -2.52. The summed E-state index contributed by atoms with van der Waals surface area (Å²) in [6.45, 7) is 4.64. The first-order valence-electron chi connectivity index (χ1n) is 6.72. The molecule has 1 atom stereocenters. The number of amides is 1. The number of nitrogens with zero attached hydrogens (tertiary/aromatic N) is 2. The summed E-state index contributed by atoms with van der Waals surface area (Å²) in [6, 6.07) is 4.36. The summed E-state index contributed by atoms with van der Waals surface area (Å²) in [5.41, 5.74) is 0.883. The summed E-state index contributed by atoms with van der Waals surface area (Å²) in [5, 5.41) is 8.36. The van der Waals surface area contributed by atoms with Crippen molar-refractivity contribution < 1.29 is 4.79 Å². The molecule has 22 heavy (non-hydrogen) atoms. The smallest absolute Gasteiger partial charge is 0.228 e.